The fourth-order valence-corrected chi connectivity index (χ4v) is 2.14. The average Bonchev–Trinajstić information content (AvgIpc) is 2.64. The molecule has 24 heavy (non-hydrogen) atoms. The van der Waals surface area contributed by atoms with Gasteiger partial charge in [0.05, 0.1) is 13.4 Å². The first-order valence-electron chi connectivity index (χ1n) is 8.44. The van der Waals surface area contributed by atoms with Gasteiger partial charge in [-0.15, -0.1) is 0 Å². The van der Waals surface area contributed by atoms with Gasteiger partial charge in [-0.1, -0.05) is 69.9 Å². The van der Waals surface area contributed by atoms with Crippen LogP contribution in [0.4, 0.5) is 0 Å². The Morgan fingerprint density at radius 3 is 2.17 bits per heavy atom. The molecule has 1 aliphatic rings. The van der Waals surface area contributed by atoms with Gasteiger partial charge in [0.25, 0.3) is 0 Å². The zero-order valence-electron chi connectivity index (χ0n) is 15.1. The molecule has 3 nitrogen and oxygen atoms in total. The van der Waals surface area contributed by atoms with Crippen LogP contribution in [0.5, 0.6) is 5.75 Å². The van der Waals surface area contributed by atoms with E-state index in [2.05, 4.69) is 0 Å². The van der Waals surface area contributed by atoms with Crippen LogP contribution in [-0.4, -0.2) is 20.9 Å². The summed E-state index contributed by atoms with van der Waals surface area (Å²) < 4.78 is 11.1. The van der Waals surface area contributed by atoms with Crippen LogP contribution in [0.2, 0.25) is 0 Å². The van der Waals surface area contributed by atoms with Gasteiger partial charge >= 0.3 is 13.1 Å². The van der Waals surface area contributed by atoms with Gasteiger partial charge in [-0.3, -0.25) is 0 Å². The summed E-state index contributed by atoms with van der Waals surface area (Å²) in [5.41, 5.74) is 3.32. The summed E-state index contributed by atoms with van der Waals surface area (Å²) in [6, 6.07) is 13.0. The first-order chi connectivity index (χ1) is 11.7. The van der Waals surface area contributed by atoms with E-state index in [0.29, 0.717) is 17.6 Å². The molecule has 2 aromatic rings. The molecule has 0 spiro atoms. The van der Waals surface area contributed by atoms with Crippen molar-refractivity contribution >= 4 is 26.4 Å². The minimum absolute atomic E-state index is 0.362. The van der Waals surface area contributed by atoms with Crippen LogP contribution in [-0.2, 0) is 11.0 Å². The molecule has 5 heteroatoms. The number of rotatable bonds is 2. The zero-order chi connectivity index (χ0) is 18.1. The van der Waals surface area contributed by atoms with Crippen molar-refractivity contribution < 1.29 is 14.1 Å². The fraction of sp³-hybridized carbons (Fsp3) is 0.316. The molecule has 0 aromatic heterocycles. The highest BCUT2D eigenvalue weighted by atomic mass is 16.6. The van der Waals surface area contributed by atoms with Gasteiger partial charge in [-0.05, 0) is 24.6 Å². The van der Waals surface area contributed by atoms with Gasteiger partial charge in [-0.25, -0.2) is 4.79 Å². The molecule has 0 N–H and O–H groups in total. The van der Waals surface area contributed by atoms with E-state index in [0.717, 1.165) is 16.6 Å². The molecule has 3 rings (SSSR count). The normalized spacial score (nSPS) is 11.7. The van der Waals surface area contributed by atoms with E-state index in [9.17, 15) is 4.79 Å². The Balaban J connectivity index is 0.000000671. The lowest BCUT2D eigenvalue weighted by atomic mass is 9.77. The highest BCUT2D eigenvalue weighted by Crippen LogP contribution is 2.26. The van der Waals surface area contributed by atoms with E-state index in [1.54, 1.807) is 6.07 Å². The standard InChI is InChI=1S/C15H12B2O3.2C2H6/c1-10-2-7-13-14(8-10)19-17(20-15(13)18)12-5-3-11(9-16)4-6-12;2*1-2/h2-8H,9H2,1H3;2*1-2H3. The molecule has 1 aliphatic heterocycles. The van der Waals surface area contributed by atoms with Crippen LogP contribution in [0.25, 0.3) is 0 Å². The molecular weight excluding hydrogens is 298 g/mol. The third kappa shape index (κ3) is 4.67. The molecule has 0 atom stereocenters. The molecule has 2 aromatic carbocycles. The number of aryl methyl sites for hydroxylation is 1. The number of hydrogen-bond acceptors (Lipinski definition) is 3. The monoisotopic (exact) mass is 322 g/mol. The Hall–Kier alpha value is -2.16. The minimum Gasteiger partial charge on any atom is -0.521 e. The van der Waals surface area contributed by atoms with Gasteiger partial charge in [0.1, 0.15) is 5.75 Å². The van der Waals surface area contributed by atoms with E-state index >= 15 is 0 Å². The maximum Gasteiger partial charge on any atom is 0.634 e. The number of fused-ring (bicyclic) bond motifs is 1. The van der Waals surface area contributed by atoms with Crippen molar-refractivity contribution in [2.45, 2.75) is 40.9 Å². The Morgan fingerprint density at radius 2 is 1.58 bits per heavy atom. The lowest BCUT2D eigenvalue weighted by molar-refractivity contribution is 0.0687. The predicted molar refractivity (Wildman–Crippen MR) is 101 cm³/mol. The van der Waals surface area contributed by atoms with E-state index in [1.165, 1.54) is 0 Å². The number of hydrogen-bond donors (Lipinski definition) is 0. The lowest BCUT2D eigenvalue weighted by Gasteiger charge is -2.23. The lowest BCUT2D eigenvalue weighted by Crippen LogP contribution is -2.44. The molecule has 0 fully saturated rings. The Labute approximate surface area is 146 Å². The second-order valence-corrected chi connectivity index (χ2v) is 4.80. The first kappa shape index (κ1) is 19.9. The summed E-state index contributed by atoms with van der Waals surface area (Å²) in [4.78, 5) is 12.0. The van der Waals surface area contributed by atoms with Crippen LogP contribution in [0.15, 0.2) is 42.5 Å². The molecule has 0 saturated heterocycles. The van der Waals surface area contributed by atoms with Crippen LogP contribution in [0.3, 0.4) is 0 Å². The summed E-state index contributed by atoms with van der Waals surface area (Å²) >= 11 is 0. The molecule has 124 valence electrons. The average molecular weight is 322 g/mol. The number of carbonyl (C=O) groups excluding carboxylic acids is 1. The van der Waals surface area contributed by atoms with E-state index in [4.69, 9.17) is 17.2 Å². The molecule has 0 amide bonds. The third-order valence-corrected chi connectivity index (χ3v) is 3.29. The maximum atomic E-state index is 12.0. The minimum atomic E-state index is -0.705. The summed E-state index contributed by atoms with van der Waals surface area (Å²) in [7, 11) is 4.86. The van der Waals surface area contributed by atoms with Gasteiger partial charge < -0.3 is 9.31 Å². The molecule has 0 unspecified atom stereocenters. The van der Waals surface area contributed by atoms with Gasteiger partial charge in [0.2, 0.25) is 0 Å². The number of benzene rings is 2. The molecular formula is C19H24B2O3. The SMILES string of the molecule is CC.CC.[B]Cc1ccc(B2OC(=O)c3ccc(C)cc3O2)cc1. The highest BCUT2D eigenvalue weighted by Gasteiger charge is 2.35. The van der Waals surface area contributed by atoms with E-state index < -0.39 is 7.12 Å². The zero-order valence-corrected chi connectivity index (χ0v) is 15.1. The second kappa shape index (κ2) is 9.86. The summed E-state index contributed by atoms with van der Waals surface area (Å²) in [6.45, 7) is 9.95. The maximum absolute atomic E-state index is 12.0. The third-order valence-electron chi connectivity index (χ3n) is 3.29. The van der Waals surface area contributed by atoms with Crippen molar-refractivity contribution in [3.8, 4) is 5.75 Å². The summed E-state index contributed by atoms with van der Waals surface area (Å²) in [5, 5.41) is 0. The van der Waals surface area contributed by atoms with Crippen molar-refractivity contribution in [2.24, 2.45) is 0 Å². The van der Waals surface area contributed by atoms with E-state index in [-0.39, 0.29) is 5.97 Å². The van der Waals surface area contributed by atoms with Crippen LogP contribution in [0, 0.1) is 6.92 Å². The topological polar surface area (TPSA) is 35.5 Å². The molecule has 1 heterocycles. The van der Waals surface area contributed by atoms with Crippen LogP contribution in [0.1, 0.15) is 49.2 Å². The molecule has 2 radical (unpaired) electrons. The largest absolute Gasteiger partial charge is 0.634 e. The van der Waals surface area contributed by atoms with Gasteiger partial charge in [-0.2, -0.15) is 0 Å². The Morgan fingerprint density at radius 1 is 0.958 bits per heavy atom. The predicted octanol–water partition coefficient (Wildman–Crippen LogP) is 3.66. The highest BCUT2D eigenvalue weighted by molar-refractivity contribution is 6.64. The van der Waals surface area contributed by atoms with Crippen molar-refractivity contribution in [3.63, 3.8) is 0 Å². The first-order valence-corrected chi connectivity index (χ1v) is 8.44. The quantitative estimate of drug-likeness (QED) is 0.792. The Kier molecular flexibility index (Phi) is 8.17. The van der Waals surface area contributed by atoms with Crippen molar-refractivity contribution in [2.75, 3.05) is 0 Å². The van der Waals surface area contributed by atoms with E-state index in [1.807, 2.05) is 71.0 Å². The number of carbonyl (C=O) groups is 1. The summed E-state index contributed by atoms with van der Waals surface area (Å²) in [5.74, 6) is 0.202. The molecule has 0 saturated carbocycles. The van der Waals surface area contributed by atoms with Gasteiger partial charge in [0, 0.05) is 5.46 Å². The van der Waals surface area contributed by atoms with Crippen LogP contribution < -0.4 is 10.1 Å². The Bertz CT molecular complexity index is 654. The smallest absolute Gasteiger partial charge is 0.521 e. The van der Waals surface area contributed by atoms with Crippen molar-refractivity contribution in [3.05, 3.63) is 59.2 Å². The van der Waals surface area contributed by atoms with Crippen molar-refractivity contribution in [1.82, 2.24) is 0 Å². The molecule has 0 bridgehead atoms. The van der Waals surface area contributed by atoms with Gasteiger partial charge in [0.15, 0.2) is 0 Å². The molecule has 0 aliphatic carbocycles. The van der Waals surface area contributed by atoms with Crippen LogP contribution >= 0.6 is 0 Å². The summed E-state index contributed by atoms with van der Waals surface area (Å²) in [6.07, 6.45) is 0.480. The second-order valence-electron chi connectivity index (χ2n) is 4.80. The van der Waals surface area contributed by atoms with Crippen molar-refractivity contribution in [1.29, 1.82) is 0 Å². The fourth-order valence-electron chi connectivity index (χ4n) is 2.14.